The maximum Gasteiger partial charge on any atom is 0.271 e. The highest BCUT2D eigenvalue weighted by Gasteiger charge is 2.32. The van der Waals surface area contributed by atoms with Crippen LogP contribution in [0.5, 0.6) is 11.5 Å². The summed E-state index contributed by atoms with van der Waals surface area (Å²) in [4.78, 5) is 32.6. The Labute approximate surface area is 217 Å². The van der Waals surface area contributed by atoms with E-state index in [1.165, 1.54) is 11.3 Å². The van der Waals surface area contributed by atoms with Gasteiger partial charge in [-0.15, -0.1) is 0 Å². The molecule has 2 heterocycles. The first kappa shape index (κ1) is 24.3. The van der Waals surface area contributed by atoms with Crippen LogP contribution in [0.4, 0.5) is 5.69 Å². The monoisotopic (exact) mass is 511 g/mol. The van der Waals surface area contributed by atoms with Crippen LogP contribution in [0.1, 0.15) is 24.1 Å². The SMILES string of the molecule is COc1ccc(/C=c2\sc3n(c2=O)[C@H](c2cccc(OC)c2)C(C(=O)Nc2ccccc2)=C(C)N=3)cc1. The van der Waals surface area contributed by atoms with Gasteiger partial charge in [0.15, 0.2) is 4.80 Å². The normalized spacial score (nSPS) is 15.1. The van der Waals surface area contributed by atoms with Crippen LogP contribution in [0.3, 0.4) is 0 Å². The van der Waals surface area contributed by atoms with Crippen LogP contribution < -0.4 is 29.7 Å². The van der Waals surface area contributed by atoms with Gasteiger partial charge in [0.1, 0.15) is 11.5 Å². The largest absolute Gasteiger partial charge is 0.497 e. The lowest BCUT2D eigenvalue weighted by atomic mass is 9.95. The summed E-state index contributed by atoms with van der Waals surface area (Å²) in [7, 11) is 3.20. The van der Waals surface area contributed by atoms with Gasteiger partial charge in [-0.2, -0.15) is 0 Å². The molecule has 37 heavy (non-hydrogen) atoms. The molecule has 0 unspecified atom stereocenters. The summed E-state index contributed by atoms with van der Waals surface area (Å²) in [6.07, 6.45) is 1.83. The van der Waals surface area contributed by atoms with Crippen LogP contribution in [0.15, 0.2) is 99.9 Å². The van der Waals surface area contributed by atoms with Crippen molar-refractivity contribution in [1.82, 2.24) is 4.57 Å². The molecule has 0 bridgehead atoms. The molecule has 1 atom stereocenters. The molecule has 1 aliphatic rings. The number of carbonyl (C=O) groups is 1. The average molecular weight is 512 g/mol. The summed E-state index contributed by atoms with van der Waals surface area (Å²) >= 11 is 1.30. The van der Waals surface area contributed by atoms with Crippen molar-refractivity contribution in [1.29, 1.82) is 0 Å². The van der Waals surface area contributed by atoms with E-state index in [9.17, 15) is 9.59 Å². The van der Waals surface area contributed by atoms with Crippen LogP contribution in [-0.4, -0.2) is 24.7 Å². The van der Waals surface area contributed by atoms with E-state index in [2.05, 4.69) is 10.3 Å². The second-order valence-electron chi connectivity index (χ2n) is 8.45. The van der Waals surface area contributed by atoms with Gasteiger partial charge in [0.2, 0.25) is 0 Å². The molecule has 1 aliphatic heterocycles. The van der Waals surface area contributed by atoms with Crippen molar-refractivity contribution in [2.45, 2.75) is 13.0 Å². The van der Waals surface area contributed by atoms with Gasteiger partial charge in [-0.25, -0.2) is 4.99 Å². The van der Waals surface area contributed by atoms with Gasteiger partial charge in [-0.3, -0.25) is 14.2 Å². The number of nitrogens with one attached hydrogen (secondary N) is 1. The zero-order valence-electron chi connectivity index (χ0n) is 20.6. The predicted octanol–water partition coefficient (Wildman–Crippen LogP) is 3.89. The number of ether oxygens (including phenoxy) is 2. The molecule has 1 aromatic heterocycles. The zero-order valence-corrected chi connectivity index (χ0v) is 21.4. The maximum atomic E-state index is 13.8. The number of carbonyl (C=O) groups excluding carboxylic acids is 1. The number of hydrogen-bond acceptors (Lipinski definition) is 6. The molecule has 1 N–H and O–H groups in total. The standard InChI is InChI=1S/C29H25N3O4S/c1-18-25(27(33)31-21-9-5-4-6-10-21)26(20-8-7-11-23(17-20)36-3)32-28(34)24(37-29(32)30-18)16-19-12-14-22(35-2)15-13-19/h4-17,26H,1-3H3,(H,31,33)/b24-16-/t26-/m1/s1. The molecule has 0 saturated carbocycles. The van der Waals surface area contributed by atoms with Crippen LogP contribution >= 0.6 is 11.3 Å². The second-order valence-corrected chi connectivity index (χ2v) is 9.46. The number of allylic oxidation sites excluding steroid dienone is 1. The third-order valence-electron chi connectivity index (χ3n) is 6.12. The molecule has 8 heteroatoms. The highest BCUT2D eigenvalue weighted by atomic mass is 32.1. The lowest BCUT2D eigenvalue weighted by Crippen LogP contribution is -2.40. The summed E-state index contributed by atoms with van der Waals surface area (Å²) < 4.78 is 12.8. The smallest absolute Gasteiger partial charge is 0.271 e. The van der Waals surface area contributed by atoms with Crippen molar-refractivity contribution >= 4 is 29.0 Å². The van der Waals surface area contributed by atoms with Crippen molar-refractivity contribution in [3.63, 3.8) is 0 Å². The quantitative estimate of drug-likeness (QED) is 0.426. The molecule has 0 saturated heterocycles. The van der Waals surface area contributed by atoms with Crippen LogP contribution in [0.2, 0.25) is 0 Å². The number of hydrogen-bond donors (Lipinski definition) is 1. The minimum atomic E-state index is -0.673. The number of benzene rings is 3. The number of para-hydroxylation sites is 1. The zero-order chi connectivity index (χ0) is 25.9. The van der Waals surface area contributed by atoms with Gasteiger partial charge < -0.3 is 14.8 Å². The van der Waals surface area contributed by atoms with E-state index in [0.29, 0.717) is 32.0 Å². The number of thiazole rings is 1. The summed E-state index contributed by atoms with van der Waals surface area (Å²) in [6.45, 7) is 1.80. The third kappa shape index (κ3) is 4.83. The van der Waals surface area contributed by atoms with Gasteiger partial charge in [0, 0.05) is 5.69 Å². The first-order chi connectivity index (χ1) is 18.0. The maximum absolute atomic E-state index is 13.8. The van der Waals surface area contributed by atoms with Crippen molar-refractivity contribution < 1.29 is 14.3 Å². The number of methoxy groups -OCH3 is 2. The molecular formula is C29H25N3O4S. The number of anilines is 1. The van der Waals surface area contributed by atoms with E-state index in [1.807, 2.05) is 84.9 Å². The minimum absolute atomic E-state index is 0.218. The Morgan fingerprint density at radius 2 is 1.70 bits per heavy atom. The molecule has 0 aliphatic carbocycles. The van der Waals surface area contributed by atoms with Gasteiger partial charge >= 0.3 is 0 Å². The molecule has 7 nitrogen and oxygen atoms in total. The number of amides is 1. The fourth-order valence-corrected chi connectivity index (χ4v) is 5.36. The van der Waals surface area contributed by atoms with Gasteiger partial charge in [0.25, 0.3) is 11.5 Å². The number of nitrogens with zero attached hydrogens (tertiary/aromatic N) is 2. The average Bonchev–Trinajstić information content (AvgIpc) is 3.22. The van der Waals surface area contributed by atoms with Gasteiger partial charge in [-0.1, -0.05) is 53.8 Å². The van der Waals surface area contributed by atoms with Crippen LogP contribution in [-0.2, 0) is 4.79 Å². The minimum Gasteiger partial charge on any atom is -0.497 e. The molecule has 0 radical (unpaired) electrons. The van der Waals surface area contributed by atoms with E-state index in [-0.39, 0.29) is 11.5 Å². The van der Waals surface area contributed by atoms with Crippen molar-refractivity contribution in [2.24, 2.45) is 4.99 Å². The van der Waals surface area contributed by atoms with Gasteiger partial charge in [0.05, 0.1) is 36.1 Å². The van der Waals surface area contributed by atoms with Crippen LogP contribution in [0, 0.1) is 0 Å². The van der Waals surface area contributed by atoms with E-state index >= 15 is 0 Å². The Hall–Kier alpha value is -4.43. The van der Waals surface area contributed by atoms with E-state index < -0.39 is 6.04 Å². The Morgan fingerprint density at radius 3 is 2.41 bits per heavy atom. The van der Waals surface area contributed by atoms with Crippen LogP contribution in [0.25, 0.3) is 6.08 Å². The fraction of sp³-hybridized carbons (Fsp3) is 0.138. The van der Waals surface area contributed by atoms with Crippen molar-refractivity contribution in [3.05, 3.63) is 121 Å². The topological polar surface area (TPSA) is 81.9 Å². The highest BCUT2D eigenvalue weighted by Crippen LogP contribution is 2.32. The summed E-state index contributed by atoms with van der Waals surface area (Å²) in [5, 5.41) is 2.96. The molecule has 1 amide bonds. The lowest BCUT2D eigenvalue weighted by molar-refractivity contribution is -0.113. The molecule has 5 rings (SSSR count). The summed E-state index contributed by atoms with van der Waals surface area (Å²) in [5.41, 5.74) is 3.02. The molecule has 0 spiro atoms. The highest BCUT2D eigenvalue weighted by molar-refractivity contribution is 7.07. The molecule has 0 fully saturated rings. The third-order valence-corrected chi connectivity index (χ3v) is 7.10. The first-order valence-electron chi connectivity index (χ1n) is 11.7. The Kier molecular flexibility index (Phi) is 6.74. The van der Waals surface area contributed by atoms with E-state index in [1.54, 1.807) is 25.7 Å². The second kappa shape index (κ2) is 10.3. The number of rotatable bonds is 6. The molecule has 4 aromatic rings. The Morgan fingerprint density at radius 1 is 0.973 bits per heavy atom. The molecule has 186 valence electrons. The predicted molar refractivity (Wildman–Crippen MR) is 145 cm³/mol. The van der Waals surface area contributed by atoms with E-state index in [4.69, 9.17) is 9.47 Å². The fourth-order valence-electron chi connectivity index (χ4n) is 4.31. The van der Waals surface area contributed by atoms with Crippen molar-refractivity contribution in [2.75, 3.05) is 19.5 Å². The summed E-state index contributed by atoms with van der Waals surface area (Å²) in [6, 6.07) is 23.4. The van der Waals surface area contributed by atoms with Gasteiger partial charge in [-0.05, 0) is 60.5 Å². The lowest BCUT2D eigenvalue weighted by Gasteiger charge is -2.25. The number of aromatic nitrogens is 1. The number of fused-ring (bicyclic) bond motifs is 1. The van der Waals surface area contributed by atoms with E-state index in [0.717, 1.165) is 16.9 Å². The Balaban J connectivity index is 1.67. The first-order valence-corrected chi connectivity index (χ1v) is 12.5. The Bertz CT molecular complexity index is 1670. The summed E-state index contributed by atoms with van der Waals surface area (Å²) in [5.74, 6) is 1.06. The molecular weight excluding hydrogens is 486 g/mol. The molecule has 3 aromatic carbocycles. The van der Waals surface area contributed by atoms with Crippen molar-refractivity contribution in [3.8, 4) is 11.5 Å².